The first-order chi connectivity index (χ1) is 12.0. The molecule has 7 heteroatoms. The van der Waals surface area contributed by atoms with E-state index in [9.17, 15) is 4.79 Å². The maximum atomic E-state index is 12.3. The highest BCUT2D eigenvalue weighted by Crippen LogP contribution is 2.25. The minimum absolute atomic E-state index is 0.265. The number of nitrogens with one attached hydrogen (secondary N) is 2. The van der Waals surface area contributed by atoms with Crippen molar-refractivity contribution in [1.29, 1.82) is 0 Å². The Morgan fingerprint density at radius 1 is 1.24 bits per heavy atom. The second-order valence-electron chi connectivity index (χ2n) is 5.06. The fraction of sp³-hybridized carbons (Fsp3) is 0.222. The zero-order valence-electron chi connectivity index (χ0n) is 14.0. The zero-order valence-corrected chi connectivity index (χ0v) is 17.2. The van der Waals surface area contributed by atoms with Crippen LogP contribution in [-0.4, -0.2) is 23.9 Å². The maximum Gasteiger partial charge on any atom is 0.257 e. The third kappa shape index (κ3) is 6.02. The molecule has 4 nitrogen and oxygen atoms in total. The number of hydrogen-bond acceptors (Lipinski definition) is 4. The van der Waals surface area contributed by atoms with Crippen LogP contribution in [0.15, 0.2) is 51.8 Å². The predicted molar refractivity (Wildman–Crippen MR) is 110 cm³/mol. The lowest BCUT2D eigenvalue weighted by Gasteiger charge is -2.11. The number of ether oxygens (including phenoxy) is 1. The molecule has 2 aromatic carbocycles. The Balaban J connectivity index is 1.88. The van der Waals surface area contributed by atoms with E-state index in [0.29, 0.717) is 29.6 Å². The molecule has 0 aliphatic heterocycles. The van der Waals surface area contributed by atoms with Crippen LogP contribution in [0.5, 0.6) is 5.75 Å². The minimum atomic E-state index is -0.265. The highest BCUT2D eigenvalue weighted by Gasteiger charge is 2.10. The van der Waals surface area contributed by atoms with E-state index in [1.165, 1.54) is 4.90 Å². The van der Waals surface area contributed by atoms with Crippen molar-refractivity contribution < 1.29 is 9.53 Å². The van der Waals surface area contributed by atoms with Crippen molar-refractivity contribution in [2.75, 3.05) is 12.9 Å². The van der Waals surface area contributed by atoms with E-state index in [2.05, 4.69) is 38.7 Å². The number of carbonyl (C=O) groups excluding carboxylic acids is 1. The van der Waals surface area contributed by atoms with Gasteiger partial charge in [0.25, 0.3) is 5.91 Å². The van der Waals surface area contributed by atoms with E-state index in [1.54, 1.807) is 30.0 Å². The van der Waals surface area contributed by atoms with Gasteiger partial charge >= 0.3 is 0 Å². The third-order valence-electron chi connectivity index (χ3n) is 3.33. The van der Waals surface area contributed by atoms with Crippen molar-refractivity contribution >= 4 is 50.9 Å². The van der Waals surface area contributed by atoms with Gasteiger partial charge in [-0.3, -0.25) is 10.1 Å². The molecule has 0 spiro atoms. The van der Waals surface area contributed by atoms with Gasteiger partial charge in [0.15, 0.2) is 5.11 Å². The molecule has 0 heterocycles. The van der Waals surface area contributed by atoms with E-state index in [1.807, 2.05) is 25.3 Å². The lowest BCUT2D eigenvalue weighted by molar-refractivity contribution is 0.0976. The number of amides is 1. The molecule has 0 saturated carbocycles. The molecular formula is C18H19BrN2O2S2. The Morgan fingerprint density at radius 3 is 2.56 bits per heavy atom. The number of hydrogen-bond donors (Lipinski definition) is 2. The molecular weight excluding hydrogens is 420 g/mol. The van der Waals surface area contributed by atoms with Gasteiger partial charge in [-0.05, 0) is 77.2 Å². The number of rotatable bonds is 6. The first-order valence-corrected chi connectivity index (χ1v) is 10.1. The van der Waals surface area contributed by atoms with Crippen molar-refractivity contribution in [3.8, 4) is 5.75 Å². The molecule has 0 radical (unpaired) electrons. The summed E-state index contributed by atoms with van der Waals surface area (Å²) in [4.78, 5) is 13.5. The number of benzene rings is 2. The van der Waals surface area contributed by atoms with Gasteiger partial charge in [0.05, 0.1) is 11.1 Å². The molecule has 0 saturated heterocycles. The van der Waals surface area contributed by atoms with Gasteiger partial charge in [0.1, 0.15) is 5.75 Å². The average Bonchev–Trinajstić information content (AvgIpc) is 2.62. The smallest absolute Gasteiger partial charge is 0.257 e. The lowest BCUT2D eigenvalue weighted by atomic mass is 10.2. The summed E-state index contributed by atoms with van der Waals surface area (Å²) in [6.07, 6.45) is 2.04. The number of thiocarbonyl (C=S) groups is 1. The van der Waals surface area contributed by atoms with Crippen molar-refractivity contribution in [3.05, 3.63) is 58.1 Å². The fourth-order valence-corrected chi connectivity index (χ4v) is 3.13. The van der Waals surface area contributed by atoms with Gasteiger partial charge < -0.3 is 10.1 Å². The number of halogens is 1. The van der Waals surface area contributed by atoms with Gasteiger partial charge in [-0.15, -0.1) is 11.8 Å². The second kappa shape index (κ2) is 9.79. The summed E-state index contributed by atoms with van der Waals surface area (Å²) in [5.41, 5.74) is 1.60. The fourth-order valence-electron chi connectivity index (χ4n) is 2.06. The van der Waals surface area contributed by atoms with Crippen LogP contribution in [0.2, 0.25) is 0 Å². The number of thioether (sulfide) groups is 1. The summed E-state index contributed by atoms with van der Waals surface area (Å²) < 4.78 is 6.17. The van der Waals surface area contributed by atoms with Crippen LogP contribution in [-0.2, 0) is 6.54 Å². The van der Waals surface area contributed by atoms with Gasteiger partial charge in [-0.2, -0.15) is 0 Å². The van der Waals surface area contributed by atoms with E-state index in [0.717, 1.165) is 10.0 Å². The zero-order chi connectivity index (χ0) is 18.2. The van der Waals surface area contributed by atoms with Crippen molar-refractivity contribution in [1.82, 2.24) is 10.6 Å². The third-order valence-corrected chi connectivity index (χ3v) is 4.94. The van der Waals surface area contributed by atoms with E-state index >= 15 is 0 Å². The summed E-state index contributed by atoms with van der Waals surface area (Å²) in [7, 11) is 0. The molecule has 0 aliphatic rings. The largest absolute Gasteiger partial charge is 0.493 e. The molecule has 0 aromatic heterocycles. The normalized spacial score (nSPS) is 10.2. The summed E-state index contributed by atoms with van der Waals surface area (Å²) in [6.45, 7) is 3.03. The Labute approximate surface area is 165 Å². The first kappa shape index (κ1) is 19.8. The van der Waals surface area contributed by atoms with E-state index in [4.69, 9.17) is 17.0 Å². The Bertz CT molecular complexity index is 751. The Hall–Kier alpha value is -1.57. The van der Waals surface area contributed by atoms with Crippen molar-refractivity contribution in [2.24, 2.45) is 0 Å². The standard InChI is InChI=1S/C18H19BrN2O2S2/c1-3-23-16-9-6-13(10-15(16)19)17(22)21-18(24)20-11-12-4-7-14(25-2)8-5-12/h4-10H,3,11H2,1-2H3,(H2,20,21,22,24). The molecule has 0 unspecified atom stereocenters. The molecule has 2 aromatic rings. The SMILES string of the molecule is CCOc1ccc(C(=O)NC(=S)NCc2ccc(SC)cc2)cc1Br. The Morgan fingerprint density at radius 2 is 1.96 bits per heavy atom. The van der Waals surface area contributed by atoms with Gasteiger partial charge in [0, 0.05) is 17.0 Å². The van der Waals surface area contributed by atoms with Crippen LogP contribution in [0.4, 0.5) is 0 Å². The van der Waals surface area contributed by atoms with E-state index < -0.39 is 0 Å². The van der Waals surface area contributed by atoms with Crippen molar-refractivity contribution in [2.45, 2.75) is 18.4 Å². The molecule has 2 N–H and O–H groups in total. The topological polar surface area (TPSA) is 50.4 Å². The van der Waals surface area contributed by atoms with Crippen LogP contribution < -0.4 is 15.4 Å². The van der Waals surface area contributed by atoms with E-state index in [-0.39, 0.29) is 5.91 Å². The molecule has 132 valence electrons. The summed E-state index contributed by atoms with van der Waals surface area (Å²) in [5.74, 6) is 0.437. The van der Waals surface area contributed by atoms with Crippen LogP contribution >= 0.6 is 39.9 Å². The molecule has 0 fully saturated rings. The predicted octanol–water partition coefficient (Wildman–Crippen LogP) is 4.37. The van der Waals surface area contributed by atoms with Crippen LogP contribution in [0.1, 0.15) is 22.8 Å². The second-order valence-corrected chi connectivity index (χ2v) is 7.21. The Kier molecular flexibility index (Phi) is 7.74. The molecule has 25 heavy (non-hydrogen) atoms. The molecule has 0 aliphatic carbocycles. The van der Waals surface area contributed by atoms with Crippen LogP contribution in [0.3, 0.4) is 0 Å². The van der Waals surface area contributed by atoms with Crippen LogP contribution in [0, 0.1) is 0 Å². The molecule has 2 rings (SSSR count). The summed E-state index contributed by atoms with van der Waals surface area (Å²) in [6, 6.07) is 13.4. The summed E-state index contributed by atoms with van der Waals surface area (Å²) in [5, 5.41) is 6.02. The van der Waals surface area contributed by atoms with Gasteiger partial charge in [-0.1, -0.05) is 12.1 Å². The summed E-state index contributed by atoms with van der Waals surface area (Å²) >= 11 is 10.3. The lowest BCUT2D eigenvalue weighted by Crippen LogP contribution is -2.38. The highest BCUT2D eigenvalue weighted by atomic mass is 79.9. The maximum absolute atomic E-state index is 12.3. The van der Waals surface area contributed by atoms with Crippen LogP contribution in [0.25, 0.3) is 0 Å². The molecule has 1 amide bonds. The van der Waals surface area contributed by atoms with Gasteiger partial charge in [0.2, 0.25) is 0 Å². The first-order valence-electron chi connectivity index (χ1n) is 7.68. The van der Waals surface area contributed by atoms with Gasteiger partial charge in [-0.25, -0.2) is 0 Å². The highest BCUT2D eigenvalue weighted by molar-refractivity contribution is 9.10. The van der Waals surface area contributed by atoms with Crippen molar-refractivity contribution in [3.63, 3.8) is 0 Å². The quantitative estimate of drug-likeness (QED) is 0.517. The minimum Gasteiger partial charge on any atom is -0.493 e. The molecule has 0 bridgehead atoms. The number of carbonyl (C=O) groups is 1. The monoisotopic (exact) mass is 438 g/mol. The average molecular weight is 439 g/mol. The molecule has 0 atom stereocenters.